The number of halogens is 1. The van der Waals surface area contributed by atoms with Crippen molar-refractivity contribution in [3.63, 3.8) is 0 Å². The van der Waals surface area contributed by atoms with E-state index in [0.717, 1.165) is 42.0 Å². The zero-order valence-corrected chi connectivity index (χ0v) is 17.2. The van der Waals surface area contributed by atoms with Crippen LogP contribution >= 0.6 is 0 Å². The fourth-order valence-electron chi connectivity index (χ4n) is 3.99. The Hall–Kier alpha value is -2.87. The van der Waals surface area contributed by atoms with Gasteiger partial charge in [0.05, 0.1) is 23.1 Å². The minimum atomic E-state index is -0.320. The fraction of sp³-hybridized carbons (Fsp3) is 0.429. The third-order valence-corrected chi connectivity index (χ3v) is 5.55. The molecule has 2 aromatic heterocycles. The summed E-state index contributed by atoms with van der Waals surface area (Å²) in [6, 6.07) is 5.93. The van der Waals surface area contributed by atoms with Crippen LogP contribution in [0.2, 0.25) is 0 Å². The maximum absolute atomic E-state index is 14.9. The van der Waals surface area contributed by atoms with Gasteiger partial charge in [0.2, 0.25) is 5.95 Å². The number of aromatic nitrogens is 3. The topological polar surface area (TPSA) is 79.0 Å². The van der Waals surface area contributed by atoms with Crippen LogP contribution in [0.15, 0.2) is 34.6 Å². The van der Waals surface area contributed by atoms with E-state index in [1.165, 1.54) is 6.20 Å². The van der Waals surface area contributed by atoms with Crippen LogP contribution in [0.4, 0.5) is 16.0 Å². The van der Waals surface area contributed by atoms with Crippen LogP contribution in [-0.4, -0.2) is 40.8 Å². The van der Waals surface area contributed by atoms with Gasteiger partial charge in [-0.1, -0.05) is 13.0 Å². The van der Waals surface area contributed by atoms with E-state index < -0.39 is 0 Å². The van der Waals surface area contributed by atoms with Crippen molar-refractivity contribution in [2.45, 2.75) is 33.2 Å². The summed E-state index contributed by atoms with van der Waals surface area (Å²) < 4.78 is 16.5. The summed E-state index contributed by atoms with van der Waals surface area (Å²) in [6.45, 7) is 7.97. The van der Waals surface area contributed by atoms with E-state index >= 15 is 0 Å². The molecule has 0 saturated carbocycles. The maximum Gasteiger partial charge on any atom is 0.241 e. The van der Waals surface area contributed by atoms with E-state index in [-0.39, 0.29) is 5.82 Å². The van der Waals surface area contributed by atoms with Crippen LogP contribution in [0.25, 0.3) is 16.6 Å². The van der Waals surface area contributed by atoms with Crippen LogP contribution in [-0.2, 0) is 0 Å². The molecule has 152 valence electrons. The molecule has 1 saturated heterocycles. The minimum Gasteiger partial charge on any atom is -0.350 e. The van der Waals surface area contributed by atoms with Crippen molar-refractivity contribution in [1.29, 1.82) is 0 Å². The second-order valence-electron chi connectivity index (χ2n) is 7.69. The standard InChI is InChI=1S/C21H26FN7/c1-12-9-15(5-6-18(12)27-23-4)19-16(22)11-29-20(19)14(3)25-21(28-29)26-17-7-8-24-10-13(17)2/h5-6,9,11,13,17,24H,7-8,10H2,1-4H3,(H,26,28). The molecule has 1 aromatic carbocycles. The predicted molar refractivity (Wildman–Crippen MR) is 112 cm³/mol. The number of nitrogens with zero attached hydrogens (tertiary/aromatic N) is 5. The van der Waals surface area contributed by atoms with Gasteiger partial charge in [0, 0.05) is 18.7 Å². The Morgan fingerprint density at radius 2 is 2.14 bits per heavy atom. The highest BCUT2D eigenvalue weighted by Gasteiger charge is 2.23. The number of piperidine rings is 1. The van der Waals surface area contributed by atoms with Crippen LogP contribution in [0.5, 0.6) is 0 Å². The number of aryl methyl sites for hydroxylation is 2. The molecule has 0 amide bonds. The number of nitrogens with one attached hydrogen (secondary N) is 2. The van der Waals surface area contributed by atoms with Crippen LogP contribution in [0, 0.1) is 25.6 Å². The summed E-state index contributed by atoms with van der Waals surface area (Å²) in [5, 5.41) is 19.3. The second-order valence-corrected chi connectivity index (χ2v) is 7.69. The van der Waals surface area contributed by atoms with Gasteiger partial charge >= 0.3 is 0 Å². The molecule has 0 aliphatic carbocycles. The van der Waals surface area contributed by atoms with E-state index in [2.05, 4.69) is 37.9 Å². The van der Waals surface area contributed by atoms with E-state index in [1.807, 2.05) is 32.0 Å². The van der Waals surface area contributed by atoms with E-state index in [0.29, 0.717) is 29.0 Å². The highest BCUT2D eigenvalue weighted by Crippen LogP contribution is 2.33. The van der Waals surface area contributed by atoms with Gasteiger partial charge in [-0.2, -0.15) is 10.2 Å². The zero-order valence-electron chi connectivity index (χ0n) is 17.2. The first kappa shape index (κ1) is 19.4. The lowest BCUT2D eigenvalue weighted by Gasteiger charge is -2.30. The Kier molecular flexibility index (Phi) is 5.27. The second kappa shape index (κ2) is 7.87. The number of rotatable bonds is 4. The average molecular weight is 395 g/mol. The summed E-state index contributed by atoms with van der Waals surface area (Å²) in [6.07, 6.45) is 2.43. The average Bonchev–Trinajstić information content (AvgIpc) is 3.02. The van der Waals surface area contributed by atoms with Gasteiger partial charge in [-0.25, -0.2) is 13.9 Å². The highest BCUT2D eigenvalue weighted by atomic mass is 19.1. The third kappa shape index (κ3) is 3.72. The maximum atomic E-state index is 14.9. The Morgan fingerprint density at radius 3 is 2.86 bits per heavy atom. The van der Waals surface area contributed by atoms with Crippen molar-refractivity contribution in [2.24, 2.45) is 16.1 Å². The Bertz CT molecular complexity index is 1070. The summed E-state index contributed by atoms with van der Waals surface area (Å²) in [5.74, 6) is 0.686. The van der Waals surface area contributed by atoms with Gasteiger partial charge < -0.3 is 10.6 Å². The number of benzene rings is 1. The smallest absolute Gasteiger partial charge is 0.241 e. The van der Waals surface area contributed by atoms with E-state index in [4.69, 9.17) is 0 Å². The molecule has 2 unspecified atom stereocenters. The van der Waals surface area contributed by atoms with Gasteiger partial charge in [0.1, 0.15) is 0 Å². The normalized spacial score (nSPS) is 19.9. The van der Waals surface area contributed by atoms with Crippen molar-refractivity contribution in [1.82, 2.24) is 19.9 Å². The van der Waals surface area contributed by atoms with Crippen molar-refractivity contribution >= 4 is 17.2 Å². The number of azo groups is 1. The van der Waals surface area contributed by atoms with Gasteiger partial charge in [-0.15, -0.1) is 5.10 Å². The molecule has 1 aliphatic heterocycles. The quantitative estimate of drug-likeness (QED) is 0.647. The summed E-state index contributed by atoms with van der Waals surface area (Å²) in [4.78, 5) is 4.64. The Labute approximate surface area is 169 Å². The van der Waals surface area contributed by atoms with Gasteiger partial charge in [0.15, 0.2) is 5.82 Å². The molecule has 3 aromatic rings. The van der Waals surface area contributed by atoms with Gasteiger partial charge in [-0.05, 0) is 62.5 Å². The molecule has 0 radical (unpaired) electrons. The fourth-order valence-corrected chi connectivity index (χ4v) is 3.99. The molecule has 2 N–H and O–H groups in total. The molecule has 0 spiro atoms. The number of fused-ring (bicyclic) bond motifs is 1. The van der Waals surface area contributed by atoms with Crippen LogP contribution in [0.1, 0.15) is 24.6 Å². The van der Waals surface area contributed by atoms with Crippen molar-refractivity contribution in [3.05, 3.63) is 41.5 Å². The van der Waals surface area contributed by atoms with Crippen molar-refractivity contribution < 1.29 is 4.39 Å². The summed E-state index contributed by atoms with van der Waals surface area (Å²) in [7, 11) is 1.63. The molecule has 0 bridgehead atoms. The first-order valence-electron chi connectivity index (χ1n) is 9.91. The first-order chi connectivity index (χ1) is 14.0. The Morgan fingerprint density at radius 1 is 1.31 bits per heavy atom. The molecule has 7 nitrogen and oxygen atoms in total. The SMILES string of the molecule is CN=Nc1ccc(-c2c(F)cn3nc(NC4CCNCC4C)nc(C)c23)cc1C. The lowest BCUT2D eigenvalue weighted by Crippen LogP contribution is -2.42. The third-order valence-electron chi connectivity index (χ3n) is 5.55. The molecule has 3 heterocycles. The van der Waals surface area contributed by atoms with Crippen LogP contribution < -0.4 is 10.6 Å². The summed E-state index contributed by atoms with van der Waals surface area (Å²) in [5.41, 5.74) is 4.40. The van der Waals surface area contributed by atoms with Gasteiger partial charge in [0.25, 0.3) is 0 Å². The molecule has 1 aliphatic rings. The molecular weight excluding hydrogens is 369 g/mol. The lowest BCUT2D eigenvalue weighted by molar-refractivity contribution is 0.366. The largest absolute Gasteiger partial charge is 0.350 e. The lowest BCUT2D eigenvalue weighted by atomic mass is 9.95. The van der Waals surface area contributed by atoms with Gasteiger partial charge in [-0.3, -0.25) is 0 Å². The molecule has 4 rings (SSSR count). The van der Waals surface area contributed by atoms with E-state index in [1.54, 1.807) is 11.6 Å². The monoisotopic (exact) mass is 395 g/mol. The molecular formula is C21H26FN7. The van der Waals surface area contributed by atoms with Crippen molar-refractivity contribution in [3.8, 4) is 11.1 Å². The number of anilines is 1. The minimum absolute atomic E-state index is 0.302. The van der Waals surface area contributed by atoms with Crippen molar-refractivity contribution in [2.75, 3.05) is 25.5 Å². The predicted octanol–water partition coefficient (Wildman–Crippen LogP) is 4.28. The summed E-state index contributed by atoms with van der Waals surface area (Å²) >= 11 is 0. The molecule has 1 fully saturated rings. The molecule has 8 heteroatoms. The molecule has 2 atom stereocenters. The molecule has 29 heavy (non-hydrogen) atoms. The number of hydrogen-bond acceptors (Lipinski definition) is 6. The Balaban J connectivity index is 1.73. The first-order valence-corrected chi connectivity index (χ1v) is 9.91. The van der Waals surface area contributed by atoms with E-state index in [9.17, 15) is 4.39 Å². The van der Waals surface area contributed by atoms with Crippen LogP contribution in [0.3, 0.4) is 0 Å². The zero-order chi connectivity index (χ0) is 20.5. The highest BCUT2D eigenvalue weighted by molar-refractivity contribution is 5.84. The number of hydrogen-bond donors (Lipinski definition) is 2.